The van der Waals surface area contributed by atoms with E-state index in [2.05, 4.69) is 27.9 Å². The number of carbonyl (C=O) groups is 1. The van der Waals surface area contributed by atoms with Crippen LogP contribution in [0, 0.1) is 3.57 Å². The third-order valence-corrected chi connectivity index (χ3v) is 3.55. The zero-order valence-corrected chi connectivity index (χ0v) is 11.8. The van der Waals surface area contributed by atoms with Gasteiger partial charge in [-0.3, -0.25) is 4.79 Å². The van der Waals surface area contributed by atoms with Crippen molar-refractivity contribution < 1.29 is 4.79 Å². The Labute approximate surface area is 120 Å². The summed E-state index contributed by atoms with van der Waals surface area (Å²) in [7, 11) is 0. The molecule has 2 rings (SSSR count). The molecule has 92 valence electrons. The fourth-order valence-electron chi connectivity index (χ4n) is 1.61. The molecule has 0 heterocycles. The number of halogens is 1. The van der Waals surface area contributed by atoms with Gasteiger partial charge in [0, 0.05) is 15.8 Å². The second kappa shape index (κ2) is 5.86. The van der Waals surface area contributed by atoms with E-state index < -0.39 is 0 Å². The summed E-state index contributed by atoms with van der Waals surface area (Å²) >= 11 is 2.15. The zero-order chi connectivity index (χ0) is 13.0. The predicted molar refractivity (Wildman–Crippen MR) is 81.2 cm³/mol. The number of nitrogen functional groups attached to an aromatic ring is 1. The Hall–Kier alpha value is -1.56. The molecular weight excluding hydrogens is 339 g/mol. The highest BCUT2D eigenvalue weighted by molar-refractivity contribution is 14.1. The van der Waals surface area contributed by atoms with Gasteiger partial charge in [0.05, 0.1) is 5.56 Å². The minimum Gasteiger partial charge on any atom is -0.398 e. The van der Waals surface area contributed by atoms with Gasteiger partial charge in [0.15, 0.2) is 0 Å². The molecule has 3 nitrogen and oxygen atoms in total. The number of para-hydroxylation sites is 1. The number of hydrogen-bond donors (Lipinski definition) is 2. The van der Waals surface area contributed by atoms with Gasteiger partial charge in [0.2, 0.25) is 0 Å². The molecule has 0 saturated carbocycles. The summed E-state index contributed by atoms with van der Waals surface area (Å²) in [4.78, 5) is 12.0. The van der Waals surface area contributed by atoms with Gasteiger partial charge in [-0.1, -0.05) is 30.3 Å². The van der Waals surface area contributed by atoms with E-state index in [4.69, 9.17) is 5.73 Å². The van der Waals surface area contributed by atoms with Gasteiger partial charge in [-0.05, 0) is 46.4 Å². The fraction of sp³-hybridized carbons (Fsp3) is 0.0714. The largest absolute Gasteiger partial charge is 0.398 e. The molecule has 3 N–H and O–H groups in total. The lowest BCUT2D eigenvalue weighted by Crippen LogP contribution is -2.24. The molecule has 2 aromatic rings. The third kappa shape index (κ3) is 3.01. The van der Waals surface area contributed by atoms with Crippen LogP contribution >= 0.6 is 22.6 Å². The number of hydrogen-bond acceptors (Lipinski definition) is 2. The van der Waals surface area contributed by atoms with Crippen LogP contribution in [0.5, 0.6) is 0 Å². The molecule has 0 aromatic heterocycles. The van der Waals surface area contributed by atoms with Crippen LogP contribution in [-0.2, 0) is 6.54 Å². The Bertz CT molecular complexity index is 569. The van der Waals surface area contributed by atoms with Gasteiger partial charge in [-0.15, -0.1) is 0 Å². The van der Waals surface area contributed by atoms with E-state index in [1.54, 1.807) is 0 Å². The highest BCUT2D eigenvalue weighted by atomic mass is 127. The van der Waals surface area contributed by atoms with Crippen molar-refractivity contribution in [2.45, 2.75) is 6.54 Å². The SMILES string of the molecule is Nc1ccccc1CNC(=O)c1ccccc1I. The minimum atomic E-state index is -0.0803. The number of carbonyl (C=O) groups excluding carboxylic acids is 1. The van der Waals surface area contributed by atoms with Crippen LogP contribution in [0.25, 0.3) is 0 Å². The number of anilines is 1. The Morgan fingerprint density at radius 1 is 1.11 bits per heavy atom. The van der Waals surface area contributed by atoms with Crippen molar-refractivity contribution in [1.29, 1.82) is 0 Å². The Kier molecular flexibility index (Phi) is 4.19. The molecular formula is C14H13IN2O. The van der Waals surface area contributed by atoms with E-state index in [9.17, 15) is 4.79 Å². The van der Waals surface area contributed by atoms with Gasteiger partial charge in [-0.25, -0.2) is 0 Å². The maximum Gasteiger partial charge on any atom is 0.252 e. The first-order chi connectivity index (χ1) is 8.68. The van der Waals surface area contributed by atoms with Gasteiger partial charge in [-0.2, -0.15) is 0 Å². The number of nitrogens with two attached hydrogens (primary N) is 1. The first kappa shape index (κ1) is 12.9. The molecule has 0 unspecified atom stereocenters. The summed E-state index contributed by atoms with van der Waals surface area (Å²) in [5.41, 5.74) is 8.13. The minimum absolute atomic E-state index is 0.0803. The van der Waals surface area contributed by atoms with Crippen molar-refractivity contribution in [2.75, 3.05) is 5.73 Å². The van der Waals surface area contributed by atoms with Gasteiger partial charge in [0.1, 0.15) is 0 Å². The van der Waals surface area contributed by atoms with Crippen molar-refractivity contribution in [3.8, 4) is 0 Å². The summed E-state index contributed by atoms with van der Waals surface area (Å²) < 4.78 is 0.939. The monoisotopic (exact) mass is 352 g/mol. The first-order valence-corrected chi connectivity index (χ1v) is 6.62. The molecule has 0 aliphatic rings. The molecule has 0 radical (unpaired) electrons. The quantitative estimate of drug-likeness (QED) is 0.659. The van der Waals surface area contributed by atoms with Crippen LogP contribution in [0.15, 0.2) is 48.5 Å². The van der Waals surface area contributed by atoms with E-state index in [0.29, 0.717) is 17.8 Å². The third-order valence-electron chi connectivity index (χ3n) is 2.61. The van der Waals surface area contributed by atoms with Crippen molar-refractivity contribution in [3.05, 3.63) is 63.2 Å². The van der Waals surface area contributed by atoms with Crippen LogP contribution in [0.4, 0.5) is 5.69 Å². The molecule has 1 amide bonds. The summed E-state index contributed by atoms with van der Waals surface area (Å²) in [6, 6.07) is 15.0. The van der Waals surface area contributed by atoms with Crippen LogP contribution in [-0.4, -0.2) is 5.91 Å². The van der Waals surface area contributed by atoms with Crippen LogP contribution in [0.2, 0.25) is 0 Å². The van der Waals surface area contributed by atoms with Crippen molar-refractivity contribution in [2.24, 2.45) is 0 Å². The number of nitrogens with one attached hydrogen (secondary N) is 1. The normalized spacial score (nSPS) is 10.1. The maximum atomic E-state index is 12.0. The molecule has 0 aliphatic heterocycles. The molecule has 0 saturated heterocycles. The molecule has 2 aromatic carbocycles. The second-order valence-corrected chi connectivity index (χ2v) is 5.02. The van der Waals surface area contributed by atoms with Crippen LogP contribution in [0.3, 0.4) is 0 Å². The smallest absolute Gasteiger partial charge is 0.252 e. The molecule has 0 aliphatic carbocycles. The summed E-state index contributed by atoms with van der Waals surface area (Å²) in [5, 5.41) is 2.87. The lowest BCUT2D eigenvalue weighted by molar-refractivity contribution is 0.0950. The summed E-state index contributed by atoms with van der Waals surface area (Å²) in [6.07, 6.45) is 0. The second-order valence-electron chi connectivity index (χ2n) is 3.86. The average molecular weight is 352 g/mol. The average Bonchev–Trinajstić information content (AvgIpc) is 2.38. The van der Waals surface area contributed by atoms with E-state index in [1.165, 1.54) is 0 Å². The molecule has 4 heteroatoms. The standard InChI is InChI=1S/C14H13IN2O/c15-12-7-3-2-6-11(12)14(18)17-9-10-5-1-4-8-13(10)16/h1-8H,9,16H2,(H,17,18). The summed E-state index contributed by atoms with van der Waals surface area (Å²) in [6.45, 7) is 0.441. The number of amides is 1. The number of rotatable bonds is 3. The van der Waals surface area contributed by atoms with E-state index in [-0.39, 0.29) is 5.91 Å². The number of benzene rings is 2. The fourth-order valence-corrected chi connectivity index (χ4v) is 2.24. The van der Waals surface area contributed by atoms with Crippen molar-refractivity contribution in [3.63, 3.8) is 0 Å². The van der Waals surface area contributed by atoms with E-state index in [0.717, 1.165) is 9.13 Å². The molecule has 0 fully saturated rings. The molecule has 0 atom stereocenters. The molecule has 0 spiro atoms. The molecule has 18 heavy (non-hydrogen) atoms. The van der Waals surface area contributed by atoms with Crippen LogP contribution < -0.4 is 11.1 Å². The highest BCUT2D eigenvalue weighted by Gasteiger charge is 2.08. The molecule has 0 bridgehead atoms. The Morgan fingerprint density at radius 3 is 2.50 bits per heavy atom. The Morgan fingerprint density at radius 2 is 1.78 bits per heavy atom. The van der Waals surface area contributed by atoms with Gasteiger partial charge < -0.3 is 11.1 Å². The first-order valence-electron chi connectivity index (χ1n) is 5.54. The lowest BCUT2D eigenvalue weighted by Gasteiger charge is -2.08. The van der Waals surface area contributed by atoms with Crippen LogP contribution in [0.1, 0.15) is 15.9 Å². The summed E-state index contributed by atoms with van der Waals surface area (Å²) in [5.74, 6) is -0.0803. The predicted octanol–water partition coefficient (Wildman–Crippen LogP) is 2.80. The van der Waals surface area contributed by atoms with E-state index >= 15 is 0 Å². The maximum absolute atomic E-state index is 12.0. The van der Waals surface area contributed by atoms with Gasteiger partial charge >= 0.3 is 0 Å². The Balaban J connectivity index is 2.06. The van der Waals surface area contributed by atoms with Crippen molar-refractivity contribution >= 4 is 34.2 Å². The topological polar surface area (TPSA) is 55.1 Å². The van der Waals surface area contributed by atoms with E-state index in [1.807, 2.05) is 48.5 Å². The zero-order valence-electron chi connectivity index (χ0n) is 9.69. The van der Waals surface area contributed by atoms with Crippen molar-refractivity contribution in [1.82, 2.24) is 5.32 Å². The van der Waals surface area contributed by atoms with Gasteiger partial charge in [0.25, 0.3) is 5.91 Å². The highest BCUT2D eigenvalue weighted by Crippen LogP contribution is 2.13. The lowest BCUT2D eigenvalue weighted by atomic mass is 10.1.